The van der Waals surface area contributed by atoms with Crippen LogP contribution in [-0.2, 0) is 6.54 Å². The normalized spacial score (nSPS) is 10.9. The summed E-state index contributed by atoms with van der Waals surface area (Å²) in [6.07, 6.45) is 1.88. The summed E-state index contributed by atoms with van der Waals surface area (Å²) < 4.78 is 1.77. The van der Waals surface area contributed by atoms with E-state index in [9.17, 15) is 4.79 Å². The van der Waals surface area contributed by atoms with Crippen molar-refractivity contribution in [2.24, 2.45) is 0 Å². The van der Waals surface area contributed by atoms with Gasteiger partial charge in [0.2, 0.25) is 0 Å². The van der Waals surface area contributed by atoms with E-state index in [1.165, 1.54) is 16.7 Å². The van der Waals surface area contributed by atoms with Gasteiger partial charge in [-0.25, -0.2) is 0 Å². The number of nitrogens with zero attached hydrogens (tertiary/aromatic N) is 1. The van der Waals surface area contributed by atoms with E-state index in [0.717, 1.165) is 10.8 Å². The van der Waals surface area contributed by atoms with Crippen molar-refractivity contribution in [1.82, 2.24) is 4.57 Å². The van der Waals surface area contributed by atoms with Gasteiger partial charge in [-0.05, 0) is 36.9 Å². The predicted octanol–water partition coefficient (Wildman–Crippen LogP) is 3.67. The molecule has 0 radical (unpaired) electrons. The SMILES string of the molecule is Cc1cc(C)cc(Cn2ccc3ccccc3c2=O)c1. The fraction of sp³-hybridized carbons (Fsp3) is 0.167. The third-order valence-corrected chi connectivity index (χ3v) is 3.52. The monoisotopic (exact) mass is 263 g/mol. The van der Waals surface area contributed by atoms with Crippen LogP contribution in [0.5, 0.6) is 0 Å². The maximum Gasteiger partial charge on any atom is 0.258 e. The van der Waals surface area contributed by atoms with Crippen LogP contribution in [0.15, 0.2) is 59.5 Å². The highest BCUT2D eigenvalue weighted by Crippen LogP contribution is 2.12. The van der Waals surface area contributed by atoms with E-state index in [-0.39, 0.29) is 5.56 Å². The number of pyridine rings is 1. The van der Waals surface area contributed by atoms with Gasteiger partial charge in [0.1, 0.15) is 0 Å². The molecule has 100 valence electrons. The smallest absolute Gasteiger partial charge is 0.258 e. The lowest BCUT2D eigenvalue weighted by molar-refractivity contribution is 0.767. The topological polar surface area (TPSA) is 22.0 Å². The number of aromatic nitrogens is 1. The van der Waals surface area contributed by atoms with Crippen molar-refractivity contribution in [2.75, 3.05) is 0 Å². The highest BCUT2D eigenvalue weighted by Gasteiger charge is 2.03. The average molecular weight is 263 g/mol. The molecule has 3 aromatic rings. The minimum absolute atomic E-state index is 0.0715. The molecular weight excluding hydrogens is 246 g/mol. The van der Waals surface area contributed by atoms with Crippen LogP contribution in [0.1, 0.15) is 16.7 Å². The van der Waals surface area contributed by atoms with Crippen molar-refractivity contribution in [3.63, 3.8) is 0 Å². The molecule has 0 saturated carbocycles. The largest absolute Gasteiger partial charge is 0.311 e. The molecule has 0 amide bonds. The molecule has 20 heavy (non-hydrogen) atoms. The molecular formula is C18H17NO. The molecule has 2 heteroatoms. The molecule has 0 spiro atoms. The van der Waals surface area contributed by atoms with Gasteiger partial charge in [0.15, 0.2) is 0 Å². The molecule has 0 unspecified atom stereocenters. The minimum Gasteiger partial charge on any atom is -0.311 e. The molecule has 0 N–H and O–H groups in total. The van der Waals surface area contributed by atoms with Crippen LogP contribution in [0.3, 0.4) is 0 Å². The van der Waals surface area contributed by atoms with Crippen LogP contribution >= 0.6 is 0 Å². The van der Waals surface area contributed by atoms with Crippen LogP contribution in [0.2, 0.25) is 0 Å². The van der Waals surface area contributed by atoms with Crippen LogP contribution < -0.4 is 5.56 Å². The highest BCUT2D eigenvalue weighted by molar-refractivity contribution is 5.81. The Morgan fingerprint density at radius 3 is 2.40 bits per heavy atom. The first-order chi connectivity index (χ1) is 9.63. The highest BCUT2D eigenvalue weighted by atomic mass is 16.1. The van der Waals surface area contributed by atoms with Crippen LogP contribution in [0.25, 0.3) is 10.8 Å². The summed E-state index contributed by atoms with van der Waals surface area (Å²) in [5, 5.41) is 1.77. The minimum atomic E-state index is 0.0715. The van der Waals surface area contributed by atoms with E-state index < -0.39 is 0 Å². The lowest BCUT2D eigenvalue weighted by atomic mass is 10.1. The van der Waals surface area contributed by atoms with E-state index in [4.69, 9.17) is 0 Å². The van der Waals surface area contributed by atoms with Crippen molar-refractivity contribution < 1.29 is 0 Å². The third-order valence-electron chi connectivity index (χ3n) is 3.52. The Morgan fingerprint density at radius 1 is 0.950 bits per heavy atom. The van der Waals surface area contributed by atoms with Gasteiger partial charge in [-0.3, -0.25) is 4.79 Å². The molecule has 0 aliphatic rings. The lowest BCUT2D eigenvalue weighted by Crippen LogP contribution is -2.20. The molecule has 0 bridgehead atoms. The number of fused-ring (bicyclic) bond motifs is 1. The Kier molecular flexibility index (Phi) is 3.15. The van der Waals surface area contributed by atoms with Crippen molar-refractivity contribution in [1.29, 1.82) is 0 Å². The van der Waals surface area contributed by atoms with E-state index in [1.54, 1.807) is 4.57 Å². The molecule has 2 nitrogen and oxygen atoms in total. The number of aryl methyl sites for hydroxylation is 2. The Bertz CT molecular complexity index is 810. The average Bonchev–Trinajstić information content (AvgIpc) is 2.41. The molecule has 1 aromatic heterocycles. The molecule has 0 aliphatic heterocycles. The number of hydrogen-bond donors (Lipinski definition) is 0. The van der Waals surface area contributed by atoms with Crippen LogP contribution in [0.4, 0.5) is 0 Å². The molecule has 2 aromatic carbocycles. The third kappa shape index (κ3) is 2.37. The standard InChI is InChI=1S/C18H17NO/c1-13-9-14(2)11-15(10-13)12-19-8-7-16-5-3-4-6-17(16)18(19)20/h3-11H,12H2,1-2H3. The second-order valence-electron chi connectivity index (χ2n) is 5.33. The number of rotatable bonds is 2. The molecule has 0 atom stereocenters. The Morgan fingerprint density at radius 2 is 1.65 bits per heavy atom. The zero-order valence-electron chi connectivity index (χ0n) is 11.8. The van der Waals surface area contributed by atoms with E-state index in [2.05, 4.69) is 32.0 Å². The van der Waals surface area contributed by atoms with Crippen molar-refractivity contribution in [3.05, 3.63) is 81.8 Å². The van der Waals surface area contributed by atoms with Crippen LogP contribution in [-0.4, -0.2) is 4.57 Å². The van der Waals surface area contributed by atoms with Gasteiger partial charge in [0, 0.05) is 11.6 Å². The first kappa shape index (κ1) is 12.7. The first-order valence-electron chi connectivity index (χ1n) is 6.79. The summed E-state index contributed by atoms with van der Waals surface area (Å²) in [6, 6.07) is 16.1. The van der Waals surface area contributed by atoms with Crippen molar-refractivity contribution in [2.45, 2.75) is 20.4 Å². The summed E-state index contributed by atoms with van der Waals surface area (Å²) in [5.74, 6) is 0. The Balaban J connectivity index is 2.07. The lowest BCUT2D eigenvalue weighted by Gasteiger charge is -2.09. The van der Waals surface area contributed by atoms with Gasteiger partial charge in [-0.1, -0.05) is 47.5 Å². The zero-order valence-corrected chi connectivity index (χ0v) is 11.8. The first-order valence-corrected chi connectivity index (χ1v) is 6.79. The summed E-state index contributed by atoms with van der Waals surface area (Å²) in [5.41, 5.74) is 3.70. The van der Waals surface area contributed by atoms with Gasteiger partial charge < -0.3 is 4.57 Å². The van der Waals surface area contributed by atoms with Crippen molar-refractivity contribution in [3.8, 4) is 0 Å². The zero-order chi connectivity index (χ0) is 14.1. The van der Waals surface area contributed by atoms with Gasteiger partial charge in [0.25, 0.3) is 5.56 Å². The summed E-state index contributed by atoms with van der Waals surface area (Å²) in [4.78, 5) is 12.5. The Hall–Kier alpha value is -2.35. The van der Waals surface area contributed by atoms with Gasteiger partial charge in [0.05, 0.1) is 6.54 Å². The summed E-state index contributed by atoms with van der Waals surface area (Å²) in [7, 11) is 0. The van der Waals surface area contributed by atoms with Crippen LogP contribution in [0, 0.1) is 13.8 Å². The van der Waals surface area contributed by atoms with E-state index in [0.29, 0.717) is 6.54 Å². The molecule has 0 aliphatic carbocycles. The second-order valence-corrected chi connectivity index (χ2v) is 5.33. The molecule has 0 saturated heterocycles. The quantitative estimate of drug-likeness (QED) is 0.691. The molecule has 1 heterocycles. The summed E-state index contributed by atoms with van der Waals surface area (Å²) in [6.45, 7) is 4.78. The maximum atomic E-state index is 12.5. The summed E-state index contributed by atoms with van der Waals surface area (Å²) >= 11 is 0. The van der Waals surface area contributed by atoms with Gasteiger partial charge >= 0.3 is 0 Å². The molecule has 3 rings (SSSR count). The van der Waals surface area contributed by atoms with Crippen molar-refractivity contribution >= 4 is 10.8 Å². The predicted molar refractivity (Wildman–Crippen MR) is 83.2 cm³/mol. The molecule has 0 fully saturated rings. The Labute approximate surface area is 118 Å². The number of hydrogen-bond acceptors (Lipinski definition) is 1. The van der Waals surface area contributed by atoms with Gasteiger partial charge in [-0.2, -0.15) is 0 Å². The fourth-order valence-electron chi connectivity index (χ4n) is 2.71. The second kappa shape index (κ2) is 4.97. The van der Waals surface area contributed by atoms with Gasteiger partial charge in [-0.15, -0.1) is 0 Å². The maximum absolute atomic E-state index is 12.5. The fourth-order valence-corrected chi connectivity index (χ4v) is 2.71. The van der Waals surface area contributed by atoms with E-state index >= 15 is 0 Å². The van der Waals surface area contributed by atoms with E-state index in [1.807, 2.05) is 36.5 Å². The number of benzene rings is 2.